The maximum Gasteiger partial charge on any atom is 0.236 e. The molecule has 0 aromatic heterocycles. The lowest BCUT2D eigenvalue weighted by molar-refractivity contribution is -0.117. The summed E-state index contributed by atoms with van der Waals surface area (Å²) in [4.78, 5) is 22.3. The molecule has 0 spiro atoms. The van der Waals surface area contributed by atoms with Crippen LogP contribution in [0.25, 0.3) is 0 Å². The molecule has 0 unspecified atom stereocenters. The molecule has 2 N–H and O–H groups in total. The van der Waals surface area contributed by atoms with Crippen LogP contribution in [-0.2, 0) is 9.59 Å². The topological polar surface area (TPSA) is 82.9 Å². The summed E-state index contributed by atoms with van der Waals surface area (Å²) in [5, 5.41) is 13.8. The number of anilines is 1. The standard InChI is InChI=1S/C14H16N4O2S/c1-8-4-11(12(5-9(8)2)16-10(3)19)6-15-18-14-17-13(20)7-21-14/h4-6H,7H2,1-3H3,(H,16,19)(H,17,18,20). The van der Waals surface area contributed by atoms with Crippen molar-refractivity contribution >= 4 is 40.6 Å². The van der Waals surface area contributed by atoms with Gasteiger partial charge in [0.2, 0.25) is 11.8 Å². The fraction of sp³-hybridized carbons (Fsp3) is 0.286. The van der Waals surface area contributed by atoms with Gasteiger partial charge in [0.05, 0.1) is 12.0 Å². The second-order valence-corrected chi connectivity index (χ2v) is 5.66. The van der Waals surface area contributed by atoms with Gasteiger partial charge >= 0.3 is 0 Å². The lowest BCUT2D eigenvalue weighted by atomic mass is 10.0. The van der Waals surface area contributed by atoms with E-state index < -0.39 is 0 Å². The molecule has 1 aromatic rings. The Balaban J connectivity index is 2.23. The van der Waals surface area contributed by atoms with Crippen molar-refractivity contribution in [3.63, 3.8) is 0 Å². The third kappa shape index (κ3) is 4.16. The summed E-state index contributed by atoms with van der Waals surface area (Å²) in [5.41, 5.74) is 3.65. The van der Waals surface area contributed by atoms with Crippen LogP contribution in [-0.4, -0.2) is 28.9 Å². The molecule has 0 saturated carbocycles. The Morgan fingerprint density at radius 1 is 1.38 bits per heavy atom. The van der Waals surface area contributed by atoms with Crippen molar-refractivity contribution in [1.82, 2.24) is 5.32 Å². The SMILES string of the molecule is CC(=O)Nc1cc(C)c(C)cc1C=NN=C1NC(=O)CS1. The van der Waals surface area contributed by atoms with Crippen LogP contribution in [0.2, 0.25) is 0 Å². The summed E-state index contributed by atoms with van der Waals surface area (Å²) in [6.45, 7) is 5.43. The summed E-state index contributed by atoms with van der Waals surface area (Å²) >= 11 is 1.31. The molecule has 110 valence electrons. The monoisotopic (exact) mass is 304 g/mol. The van der Waals surface area contributed by atoms with E-state index in [1.807, 2.05) is 26.0 Å². The number of nitrogens with zero attached hydrogens (tertiary/aromatic N) is 2. The van der Waals surface area contributed by atoms with E-state index in [9.17, 15) is 9.59 Å². The highest BCUT2D eigenvalue weighted by Crippen LogP contribution is 2.20. The number of amides is 2. The van der Waals surface area contributed by atoms with E-state index in [1.54, 1.807) is 6.21 Å². The van der Waals surface area contributed by atoms with Gasteiger partial charge in [0.25, 0.3) is 0 Å². The van der Waals surface area contributed by atoms with E-state index in [0.717, 1.165) is 16.7 Å². The predicted octanol–water partition coefficient (Wildman–Crippen LogP) is 1.81. The average Bonchev–Trinajstić information content (AvgIpc) is 2.80. The van der Waals surface area contributed by atoms with Gasteiger partial charge in [0, 0.05) is 18.2 Å². The first-order valence-corrected chi connectivity index (χ1v) is 7.37. The first-order chi connectivity index (χ1) is 9.95. The average molecular weight is 304 g/mol. The van der Waals surface area contributed by atoms with Gasteiger partial charge in [-0.3, -0.25) is 9.59 Å². The molecule has 21 heavy (non-hydrogen) atoms. The molecule has 0 radical (unpaired) electrons. The molecule has 2 rings (SSSR count). The predicted molar refractivity (Wildman–Crippen MR) is 85.8 cm³/mol. The van der Waals surface area contributed by atoms with Crippen molar-refractivity contribution in [1.29, 1.82) is 0 Å². The van der Waals surface area contributed by atoms with Crippen LogP contribution in [0.3, 0.4) is 0 Å². The molecule has 0 bridgehead atoms. The number of carbonyl (C=O) groups is 2. The largest absolute Gasteiger partial charge is 0.326 e. The molecular weight excluding hydrogens is 288 g/mol. The van der Waals surface area contributed by atoms with Gasteiger partial charge in [-0.1, -0.05) is 11.8 Å². The van der Waals surface area contributed by atoms with E-state index >= 15 is 0 Å². The molecule has 1 heterocycles. The van der Waals surface area contributed by atoms with Gasteiger partial charge in [0.15, 0.2) is 5.17 Å². The third-order valence-electron chi connectivity index (χ3n) is 2.91. The highest BCUT2D eigenvalue weighted by Gasteiger charge is 2.16. The fourth-order valence-corrected chi connectivity index (χ4v) is 2.40. The van der Waals surface area contributed by atoms with Gasteiger partial charge in [-0.15, -0.1) is 5.10 Å². The summed E-state index contributed by atoms with van der Waals surface area (Å²) in [7, 11) is 0. The van der Waals surface area contributed by atoms with Gasteiger partial charge in [-0.25, -0.2) is 0 Å². The maximum absolute atomic E-state index is 11.2. The van der Waals surface area contributed by atoms with E-state index in [2.05, 4.69) is 20.8 Å². The Bertz CT molecular complexity index is 653. The number of amidine groups is 1. The molecule has 7 heteroatoms. The minimum absolute atomic E-state index is 0.0703. The summed E-state index contributed by atoms with van der Waals surface area (Å²) < 4.78 is 0. The van der Waals surface area contributed by atoms with Crippen molar-refractivity contribution in [2.75, 3.05) is 11.1 Å². The fourth-order valence-electron chi connectivity index (χ4n) is 1.77. The highest BCUT2D eigenvalue weighted by atomic mass is 32.2. The second-order valence-electron chi connectivity index (χ2n) is 4.69. The number of thioether (sulfide) groups is 1. The zero-order chi connectivity index (χ0) is 15.4. The number of nitrogens with one attached hydrogen (secondary N) is 2. The normalized spacial score (nSPS) is 16.5. The number of benzene rings is 1. The van der Waals surface area contributed by atoms with Crippen LogP contribution >= 0.6 is 11.8 Å². The molecule has 1 aliphatic heterocycles. The minimum Gasteiger partial charge on any atom is -0.326 e. The molecule has 0 aliphatic carbocycles. The first kappa shape index (κ1) is 15.2. The summed E-state index contributed by atoms with van der Waals surface area (Å²) in [6, 6.07) is 3.84. The molecule has 1 fully saturated rings. The Labute approximate surface area is 127 Å². The molecule has 0 atom stereocenters. The van der Waals surface area contributed by atoms with Crippen LogP contribution in [0.4, 0.5) is 5.69 Å². The molecule has 1 aliphatic rings. The van der Waals surface area contributed by atoms with Gasteiger partial charge in [-0.05, 0) is 37.1 Å². The minimum atomic E-state index is -0.141. The number of rotatable bonds is 3. The molecule has 6 nitrogen and oxygen atoms in total. The van der Waals surface area contributed by atoms with Crippen LogP contribution in [0.15, 0.2) is 22.3 Å². The van der Waals surface area contributed by atoms with Crippen LogP contribution in [0, 0.1) is 13.8 Å². The Hall–Kier alpha value is -2.15. The zero-order valence-electron chi connectivity index (χ0n) is 12.1. The smallest absolute Gasteiger partial charge is 0.236 e. The van der Waals surface area contributed by atoms with Crippen molar-refractivity contribution < 1.29 is 9.59 Å². The lowest BCUT2D eigenvalue weighted by Gasteiger charge is -2.09. The van der Waals surface area contributed by atoms with E-state index in [-0.39, 0.29) is 11.8 Å². The van der Waals surface area contributed by atoms with Crippen molar-refractivity contribution in [2.24, 2.45) is 10.2 Å². The van der Waals surface area contributed by atoms with E-state index in [0.29, 0.717) is 16.6 Å². The van der Waals surface area contributed by atoms with Crippen LogP contribution < -0.4 is 10.6 Å². The van der Waals surface area contributed by atoms with Gasteiger partial charge in [-0.2, -0.15) is 5.10 Å². The van der Waals surface area contributed by atoms with Crippen molar-refractivity contribution in [3.8, 4) is 0 Å². The van der Waals surface area contributed by atoms with Crippen LogP contribution in [0.5, 0.6) is 0 Å². The van der Waals surface area contributed by atoms with Crippen LogP contribution in [0.1, 0.15) is 23.6 Å². The Morgan fingerprint density at radius 2 is 2.10 bits per heavy atom. The Kier molecular flexibility index (Phi) is 4.74. The summed E-state index contributed by atoms with van der Waals surface area (Å²) in [6.07, 6.45) is 1.57. The first-order valence-electron chi connectivity index (χ1n) is 6.38. The number of carbonyl (C=O) groups excluding carboxylic acids is 2. The molecule has 2 amide bonds. The number of hydrogen-bond donors (Lipinski definition) is 2. The van der Waals surface area contributed by atoms with Crippen molar-refractivity contribution in [2.45, 2.75) is 20.8 Å². The van der Waals surface area contributed by atoms with Crippen molar-refractivity contribution in [3.05, 3.63) is 28.8 Å². The zero-order valence-corrected chi connectivity index (χ0v) is 12.9. The maximum atomic E-state index is 11.2. The third-order valence-corrected chi connectivity index (χ3v) is 3.77. The second kappa shape index (κ2) is 6.53. The number of aryl methyl sites for hydroxylation is 2. The highest BCUT2D eigenvalue weighted by molar-refractivity contribution is 8.15. The van der Waals surface area contributed by atoms with E-state index in [4.69, 9.17) is 0 Å². The molecule has 1 aromatic carbocycles. The number of hydrogen-bond acceptors (Lipinski definition) is 5. The van der Waals surface area contributed by atoms with Gasteiger partial charge < -0.3 is 10.6 Å². The van der Waals surface area contributed by atoms with E-state index in [1.165, 1.54) is 18.7 Å². The molecular formula is C14H16N4O2S. The summed E-state index contributed by atoms with van der Waals surface area (Å²) in [5.74, 6) is 0.159. The quantitative estimate of drug-likeness (QED) is 0.660. The molecule has 1 saturated heterocycles. The lowest BCUT2D eigenvalue weighted by Crippen LogP contribution is -2.19. The van der Waals surface area contributed by atoms with Gasteiger partial charge in [0.1, 0.15) is 0 Å². The Morgan fingerprint density at radius 3 is 2.71 bits per heavy atom.